The molecule has 6 nitrogen and oxygen atoms in total. The topological polar surface area (TPSA) is 52.1 Å². The highest BCUT2D eigenvalue weighted by Gasteiger charge is 2.16. The predicted octanol–water partition coefficient (Wildman–Crippen LogP) is 1.49. The normalized spacial score (nSPS) is 19.9. The Kier molecular flexibility index (Phi) is 11.1. The van der Waals surface area contributed by atoms with Crippen LogP contribution in [0.3, 0.4) is 0 Å². The maximum absolute atomic E-state index is 5.80. The number of hydrogen-bond acceptors (Lipinski definition) is 4. The van der Waals surface area contributed by atoms with Crippen molar-refractivity contribution in [2.24, 2.45) is 16.8 Å². The zero-order valence-electron chi connectivity index (χ0n) is 17.3. The van der Waals surface area contributed by atoms with E-state index in [1.54, 1.807) is 0 Å². The van der Waals surface area contributed by atoms with Crippen molar-refractivity contribution < 1.29 is 4.74 Å². The van der Waals surface area contributed by atoms with E-state index in [1.165, 1.54) is 26.2 Å². The molecule has 0 bridgehead atoms. The Balaban J connectivity index is 2.22. The van der Waals surface area contributed by atoms with Crippen LogP contribution in [0.1, 0.15) is 34.1 Å². The van der Waals surface area contributed by atoms with E-state index in [0.717, 1.165) is 38.6 Å². The van der Waals surface area contributed by atoms with Crippen LogP contribution in [-0.2, 0) is 4.74 Å². The molecule has 1 rings (SSSR count). The van der Waals surface area contributed by atoms with Crippen molar-refractivity contribution in [1.82, 2.24) is 20.4 Å². The number of aliphatic imine (C=N–C) groups is 1. The van der Waals surface area contributed by atoms with E-state index in [9.17, 15) is 0 Å². The van der Waals surface area contributed by atoms with E-state index in [0.29, 0.717) is 17.9 Å². The van der Waals surface area contributed by atoms with Crippen molar-refractivity contribution >= 4 is 5.96 Å². The number of ether oxygens (including phenoxy) is 1. The first kappa shape index (κ1) is 22.2. The van der Waals surface area contributed by atoms with Gasteiger partial charge in [0.15, 0.2) is 5.96 Å². The summed E-state index contributed by atoms with van der Waals surface area (Å²) in [4.78, 5) is 9.31. The van der Waals surface area contributed by atoms with Crippen molar-refractivity contribution in [3.05, 3.63) is 0 Å². The summed E-state index contributed by atoms with van der Waals surface area (Å²) in [5.41, 5.74) is 0. The number of guanidine groups is 1. The molecule has 1 aliphatic heterocycles. The van der Waals surface area contributed by atoms with Gasteiger partial charge in [0.05, 0.1) is 6.10 Å². The zero-order valence-corrected chi connectivity index (χ0v) is 17.3. The van der Waals surface area contributed by atoms with Gasteiger partial charge in [-0.15, -0.1) is 0 Å². The number of nitrogens with one attached hydrogen (secondary N) is 2. The van der Waals surface area contributed by atoms with E-state index in [2.05, 4.69) is 60.2 Å². The SMILES string of the molecule is CCOC(CCNC(=NC)NCC(C)CN1CCN(C)CC1)C(C)C. The molecule has 0 amide bonds. The van der Waals surface area contributed by atoms with Crippen molar-refractivity contribution in [3.63, 3.8) is 0 Å². The molecule has 0 spiro atoms. The van der Waals surface area contributed by atoms with Gasteiger partial charge in [0.1, 0.15) is 0 Å². The van der Waals surface area contributed by atoms with Crippen LogP contribution in [0, 0.1) is 11.8 Å². The first-order valence-corrected chi connectivity index (χ1v) is 9.93. The molecule has 2 unspecified atom stereocenters. The highest BCUT2D eigenvalue weighted by atomic mass is 16.5. The molecule has 0 aromatic carbocycles. The molecule has 2 atom stereocenters. The van der Waals surface area contributed by atoms with Gasteiger partial charge in [0, 0.05) is 59.5 Å². The second kappa shape index (κ2) is 12.5. The Morgan fingerprint density at radius 3 is 2.36 bits per heavy atom. The number of nitrogens with zero attached hydrogens (tertiary/aromatic N) is 3. The molecule has 0 aliphatic carbocycles. The van der Waals surface area contributed by atoms with Crippen LogP contribution in [0.25, 0.3) is 0 Å². The van der Waals surface area contributed by atoms with E-state index in [-0.39, 0.29) is 0 Å². The molecular formula is C19H41N5O. The lowest BCUT2D eigenvalue weighted by Gasteiger charge is -2.34. The van der Waals surface area contributed by atoms with Crippen molar-refractivity contribution in [3.8, 4) is 0 Å². The summed E-state index contributed by atoms with van der Waals surface area (Å²) in [6.45, 7) is 17.3. The molecular weight excluding hydrogens is 314 g/mol. The average Bonchev–Trinajstić information content (AvgIpc) is 2.58. The Bertz CT molecular complexity index is 367. The van der Waals surface area contributed by atoms with Gasteiger partial charge in [-0.2, -0.15) is 0 Å². The lowest BCUT2D eigenvalue weighted by Crippen LogP contribution is -2.47. The van der Waals surface area contributed by atoms with Crippen LogP contribution in [0.2, 0.25) is 0 Å². The maximum atomic E-state index is 5.80. The second-order valence-corrected chi connectivity index (χ2v) is 7.62. The van der Waals surface area contributed by atoms with Gasteiger partial charge < -0.3 is 25.2 Å². The lowest BCUT2D eigenvalue weighted by atomic mass is 10.0. The van der Waals surface area contributed by atoms with Crippen LogP contribution < -0.4 is 10.6 Å². The molecule has 1 fully saturated rings. The number of rotatable bonds is 10. The summed E-state index contributed by atoms with van der Waals surface area (Å²) in [6, 6.07) is 0. The van der Waals surface area contributed by atoms with E-state index in [4.69, 9.17) is 4.74 Å². The van der Waals surface area contributed by atoms with Gasteiger partial charge >= 0.3 is 0 Å². The van der Waals surface area contributed by atoms with E-state index >= 15 is 0 Å². The summed E-state index contributed by atoms with van der Waals surface area (Å²) in [7, 11) is 4.04. The van der Waals surface area contributed by atoms with E-state index < -0.39 is 0 Å². The maximum Gasteiger partial charge on any atom is 0.190 e. The van der Waals surface area contributed by atoms with Gasteiger partial charge in [-0.3, -0.25) is 4.99 Å². The zero-order chi connectivity index (χ0) is 18.7. The van der Waals surface area contributed by atoms with Gasteiger partial charge in [0.2, 0.25) is 0 Å². The highest BCUT2D eigenvalue weighted by molar-refractivity contribution is 5.79. The first-order chi connectivity index (χ1) is 12.0. The van der Waals surface area contributed by atoms with Gasteiger partial charge in [0.25, 0.3) is 0 Å². The van der Waals surface area contributed by atoms with Crippen LogP contribution >= 0.6 is 0 Å². The largest absolute Gasteiger partial charge is 0.378 e. The molecule has 0 aromatic heterocycles. The Morgan fingerprint density at radius 2 is 1.80 bits per heavy atom. The number of hydrogen-bond donors (Lipinski definition) is 2. The molecule has 1 heterocycles. The average molecular weight is 356 g/mol. The molecule has 1 aliphatic rings. The fourth-order valence-corrected chi connectivity index (χ4v) is 3.18. The molecule has 25 heavy (non-hydrogen) atoms. The van der Waals surface area contributed by atoms with Crippen LogP contribution in [0.4, 0.5) is 0 Å². The molecule has 0 saturated carbocycles. The van der Waals surface area contributed by atoms with Crippen LogP contribution in [-0.4, -0.2) is 88.4 Å². The first-order valence-electron chi connectivity index (χ1n) is 9.93. The minimum Gasteiger partial charge on any atom is -0.378 e. The summed E-state index contributed by atoms with van der Waals surface area (Å²) in [5.74, 6) is 2.04. The molecule has 0 radical (unpaired) electrons. The molecule has 0 aromatic rings. The van der Waals surface area contributed by atoms with Crippen LogP contribution in [0.5, 0.6) is 0 Å². The van der Waals surface area contributed by atoms with Gasteiger partial charge in [-0.25, -0.2) is 0 Å². The third-order valence-electron chi connectivity index (χ3n) is 4.85. The number of piperazine rings is 1. The molecule has 1 saturated heterocycles. The Morgan fingerprint density at radius 1 is 1.12 bits per heavy atom. The smallest absolute Gasteiger partial charge is 0.190 e. The second-order valence-electron chi connectivity index (χ2n) is 7.62. The standard InChI is InChI=1S/C19H41N5O/c1-7-25-18(16(2)3)8-9-21-19(20-5)22-14-17(4)15-24-12-10-23(6)11-13-24/h16-18H,7-15H2,1-6H3,(H2,20,21,22). The van der Waals surface area contributed by atoms with Gasteiger partial charge in [-0.05, 0) is 32.2 Å². The van der Waals surface area contributed by atoms with Crippen LogP contribution in [0.15, 0.2) is 4.99 Å². The molecule has 6 heteroatoms. The Labute approximate surface area is 155 Å². The fourth-order valence-electron chi connectivity index (χ4n) is 3.18. The summed E-state index contributed by atoms with van der Waals surface area (Å²) in [5, 5.41) is 6.88. The third-order valence-corrected chi connectivity index (χ3v) is 4.85. The minimum atomic E-state index is 0.312. The number of likely N-dealkylation sites (N-methyl/N-ethyl adjacent to an activating group) is 1. The van der Waals surface area contributed by atoms with Crippen molar-refractivity contribution in [1.29, 1.82) is 0 Å². The predicted molar refractivity (Wildman–Crippen MR) is 107 cm³/mol. The summed E-state index contributed by atoms with van der Waals surface area (Å²) < 4.78 is 5.80. The molecule has 148 valence electrons. The summed E-state index contributed by atoms with van der Waals surface area (Å²) >= 11 is 0. The molecule has 2 N–H and O–H groups in total. The van der Waals surface area contributed by atoms with Crippen molar-refractivity contribution in [2.45, 2.75) is 40.2 Å². The summed E-state index contributed by atoms with van der Waals surface area (Å²) in [6.07, 6.45) is 1.31. The van der Waals surface area contributed by atoms with Crippen molar-refractivity contribution in [2.75, 3.05) is 66.5 Å². The highest BCUT2D eigenvalue weighted by Crippen LogP contribution is 2.10. The minimum absolute atomic E-state index is 0.312. The monoisotopic (exact) mass is 355 g/mol. The lowest BCUT2D eigenvalue weighted by molar-refractivity contribution is 0.0258. The third kappa shape index (κ3) is 9.42. The quantitative estimate of drug-likeness (QED) is 0.459. The van der Waals surface area contributed by atoms with Gasteiger partial charge in [-0.1, -0.05) is 20.8 Å². The Hall–Kier alpha value is -0.850. The van der Waals surface area contributed by atoms with E-state index in [1.807, 2.05) is 7.05 Å². The fraction of sp³-hybridized carbons (Fsp3) is 0.947.